The van der Waals surface area contributed by atoms with Crippen molar-refractivity contribution >= 4 is 33.1 Å². The Hall–Kier alpha value is -1.94. The van der Waals surface area contributed by atoms with Gasteiger partial charge >= 0.3 is 0 Å². The molecule has 0 bridgehead atoms. The van der Waals surface area contributed by atoms with Gasteiger partial charge in [0, 0.05) is 10.6 Å². The van der Waals surface area contributed by atoms with E-state index in [0.717, 1.165) is 28.6 Å². The van der Waals surface area contributed by atoms with Crippen molar-refractivity contribution in [2.75, 3.05) is 5.32 Å². The molecule has 3 aromatic rings. The van der Waals surface area contributed by atoms with Gasteiger partial charge in [-0.3, -0.25) is 0 Å². The van der Waals surface area contributed by atoms with Crippen molar-refractivity contribution in [2.45, 2.75) is 46.5 Å². The number of hydrogen-bond acceptors (Lipinski definition) is 4. The number of hydrogen-bond donors (Lipinski definition) is 1. The van der Waals surface area contributed by atoms with E-state index in [1.165, 1.54) is 46.2 Å². The summed E-state index contributed by atoms with van der Waals surface area (Å²) in [7, 11) is 0. The predicted octanol–water partition coefficient (Wildman–Crippen LogP) is 5.24. The fourth-order valence-corrected chi connectivity index (χ4v) is 4.74. The zero-order chi connectivity index (χ0) is 16.0. The number of nitrogens with zero attached hydrogens (tertiary/aromatic N) is 2. The summed E-state index contributed by atoms with van der Waals surface area (Å²) in [4.78, 5) is 12.1. The Morgan fingerprint density at radius 1 is 1.04 bits per heavy atom. The summed E-state index contributed by atoms with van der Waals surface area (Å²) < 4.78 is 0. The minimum absolute atomic E-state index is 0.836. The first-order chi connectivity index (χ1) is 11.1. The van der Waals surface area contributed by atoms with E-state index < -0.39 is 0 Å². The highest BCUT2D eigenvalue weighted by Gasteiger charge is 2.20. The molecule has 23 heavy (non-hydrogen) atoms. The third-order valence-electron chi connectivity index (χ3n) is 4.56. The number of rotatable bonds is 2. The molecule has 2 aromatic heterocycles. The molecule has 3 nitrogen and oxygen atoms in total. The number of aromatic nitrogens is 2. The lowest BCUT2D eigenvalue weighted by Crippen LogP contribution is -2.03. The van der Waals surface area contributed by atoms with Crippen LogP contribution >= 0.6 is 11.3 Å². The van der Waals surface area contributed by atoms with Crippen molar-refractivity contribution in [1.29, 1.82) is 0 Å². The number of thiophene rings is 1. The predicted molar refractivity (Wildman–Crippen MR) is 98.0 cm³/mol. The Morgan fingerprint density at radius 2 is 1.87 bits per heavy atom. The largest absolute Gasteiger partial charge is 0.339 e. The molecule has 0 unspecified atom stereocenters. The molecular weight excluding hydrogens is 302 g/mol. The number of anilines is 2. The molecule has 4 heteroatoms. The maximum absolute atomic E-state index is 4.72. The Balaban J connectivity index is 1.87. The minimum atomic E-state index is 0.836. The third kappa shape index (κ3) is 2.61. The fraction of sp³-hybridized carbons (Fsp3) is 0.368. The second-order valence-corrected chi connectivity index (χ2v) is 7.54. The fourth-order valence-electron chi connectivity index (χ4n) is 3.44. The van der Waals surface area contributed by atoms with E-state index in [2.05, 4.69) is 42.3 Å². The van der Waals surface area contributed by atoms with Crippen LogP contribution in [-0.2, 0) is 12.8 Å². The van der Waals surface area contributed by atoms with Gasteiger partial charge in [-0.2, -0.15) is 0 Å². The monoisotopic (exact) mass is 323 g/mol. The van der Waals surface area contributed by atoms with E-state index in [9.17, 15) is 0 Å². The first kappa shape index (κ1) is 14.6. The van der Waals surface area contributed by atoms with Crippen molar-refractivity contribution < 1.29 is 0 Å². The zero-order valence-electron chi connectivity index (χ0n) is 13.9. The molecular formula is C19H21N3S. The quantitative estimate of drug-likeness (QED) is 0.701. The number of aryl methyl sites for hydroxylation is 5. The third-order valence-corrected chi connectivity index (χ3v) is 5.75. The van der Waals surface area contributed by atoms with E-state index in [1.807, 2.05) is 18.3 Å². The molecule has 118 valence electrons. The smallest absolute Gasteiger partial charge is 0.143 e. The summed E-state index contributed by atoms with van der Waals surface area (Å²) in [6.07, 6.45) is 4.92. The molecule has 0 saturated heterocycles. The summed E-state index contributed by atoms with van der Waals surface area (Å²) in [6, 6.07) is 6.49. The summed E-state index contributed by atoms with van der Waals surface area (Å²) in [6.45, 7) is 6.24. The van der Waals surface area contributed by atoms with E-state index in [0.29, 0.717) is 0 Å². The van der Waals surface area contributed by atoms with Crippen molar-refractivity contribution in [1.82, 2.24) is 9.97 Å². The van der Waals surface area contributed by atoms with Crippen LogP contribution in [0.15, 0.2) is 18.2 Å². The van der Waals surface area contributed by atoms with Gasteiger partial charge in [-0.15, -0.1) is 11.3 Å². The van der Waals surface area contributed by atoms with E-state index in [-0.39, 0.29) is 0 Å². The lowest BCUT2D eigenvalue weighted by molar-refractivity contribution is 0.700. The SMILES string of the molecule is Cc1ccc(Nc2nc(C)nc3sc4c(c23)CCCC4)c(C)c1. The molecule has 1 aliphatic rings. The molecule has 0 amide bonds. The van der Waals surface area contributed by atoms with Gasteiger partial charge in [0.05, 0.1) is 5.39 Å². The zero-order valence-corrected chi connectivity index (χ0v) is 14.7. The highest BCUT2D eigenvalue weighted by Crippen LogP contribution is 2.39. The van der Waals surface area contributed by atoms with Crippen LogP contribution in [0.3, 0.4) is 0 Å². The molecule has 0 fully saturated rings. The van der Waals surface area contributed by atoms with Gasteiger partial charge in [-0.05, 0) is 63.6 Å². The van der Waals surface area contributed by atoms with Crippen molar-refractivity contribution in [2.24, 2.45) is 0 Å². The van der Waals surface area contributed by atoms with Gasteiger partial charge < -0.3 is 5.32 Å². The first-order valence-corrected chi connectivity index (χ1v) is 9.06. The summed E-state index contributed by atoms with van der Waals surface area (Å²) in [5.41, 5.74) is 5.14. The lowest BCUT2D eigenvalue weighted by Gasteiger charge is -2.14. The van der Waals surface area contributed by atoms with Gasteiger partial charge in [-0.25, -0.2) is 9.97 Å². The maximum Gasteiger partial charge on any atom is 0.143 e. The number of nitrogens with one attached hydrogen (secondary N) is 1. The molecule has 0 radical (unpaired) electrons. The molecule has 0 atom stereocenters. The van der Waals surface area contributed by atoms with Gasteiger partial charge in [-0.1, -0.05) is 17.7 Å². The topological polar surface area (TPSA) is 37.8 Å². The molecule has 0 aliphatic heterocycles. The molecule has 1 aromatic carbocycles. The van der Waals surface area contributed by atoms with Gasteiger partial charge in [0.1, 0.15) is 16.5 Å². The second kappa shape index (κ2) is 5.60. The van der Waals surface area contributed by atoms with Crippen LogP contribution in [0.25, 0.3) is 10.2 Å². The van der Waals surface area contributed by atoms with E-state index >= 15 is 0 Å². The summed E-state index contributed by atoms with van der Waals surface area (Å²) in [5.74, 6) is 1.81. The van der Waals surface area contributed by atoms with Crippen LogP contribution in [0.4, 0.5) is 11.5 Å². The lowest BCUT2D eigenvalue weighted by atomic mass is 9.97. The van der Waals surface area contributed by atoms with Crippen LogP contribution in [0, 0.1) is 20.8 Å². The van der Waals surface area contributed by atoms with E-state index in [1.54, 1.807) is 0 Å². The Bertz CT molecular complexity index is 895. The average molecular weight is 323 g/mol. The normalized spacial score (nSPS) is 14.0. The number of benzene rings is 1. The molecule has 4 rings (SSSR count). The Kier molecular flexibility index (Phi) is 3.57. The minimum Gasteiger partial charge on any atom is -0.339 e. The highest BCUT2D eigenvalue weighted by molar-refractivity contribution is 7.19. The van der Waals surface area contributed by atoms with E-state index in [4.69, 9.17) is 4.98 Å². The maximum atomic E-state index is 4.72. The summed E-state index contributed by atoms with van der Waals surface area (Å²) >= 11 is 1.85. The van der Waals surface area contributed by atoms with Crippen LogP contribution in [0.5, 0.6) is 0 Å². The Morgan fingerprint density at radius 3 is 2.70 bits per heavy atom. The molecule has 1 N–H and O–H groups in total. The molecule has 1 aliphatic carbocycles. The van der Waals surface area contributed by atoms with Crippen molar-refractivity contribution in [3.05, 3.63) is 45.6 Å². The molecule has 0 spiro atoms. The van der Waals surface area contributed by atoms with Gasteiger partial charge in [0.25, 0.3) is 0 Å². The second-order valence-electron chi connectivity index (χ2n) is 6.45. The molecule has 2 heterocycles. The Labute approximate surface area is 140 Å². The van der Waals surface area contributed by atoms with Gasteiger partial charge in [0.15, 0.2) is 0 Å². The number of fused-ring (bicyclic) bond motifs is 3. The van der Waals surface area contributed by atoms with Crippen LogP contribution < -0.4 is 5.32 Å². The average Bonchev–Trinajstić information content (AvgIpc) is 2.88. The first-order valence-electron chi connectivity index (χ1n) is 8.25. The van der Waals surface area contributed by atoms with Crippen LogP contribution in [0.1, 0.15) is 40.2 Å². The van der Waals surface area contributed by atoms with Gasteiger partial charge in [0.2, 0.25) is 0 Å². The highest BCUT2D eigenvalue weighted by atomic mass is 32.1. The molecule has 0 saturated carbocycles. The van der Waals surface area contributed by atoms with Crippen molar-refractivity contribution in [3.63, 3.8) is 0 Å². The standard InChI is InChI=1S/C19H21N3S/c1-11-8-9-15(12(2)10-11)22-18-17-14-6-4-5-7-16(14)23-19(17)21-13(3)20-18/h8-10H,4-7H2,1-3H3,(H,20,21,22). The van der Waals surface area contributed by atoms with Crippen LogP contribution in [-0.4, -0.2) is 9.97 Å². The van der Waals surface area contributed by atoms with Crippen molar-refractivity contribution in [3.8, 4) is 0 Å². The summed E-state index contributed by atoms with van der Waals surface area (Å²) in [5, 5.41) is 4.82. The van der Waals surface area contributed by atoms with Crippen LogP contribution in [0.2, 0.25) is 0 Å².